The minimum atomic E-state index is -0.973. The SMILES string of the molecule is CCCCN(CCCC)c1ccc(C2=C([O-])C(=CC3=[N+](CCCC)c4ccc(C(=O)O)cc4C3(C)C)C2=O)cc1. The van der Waals surface area contributed by atoms with Gasteiger partial charge in [0.2, 0.25) is 5.69 Å². The number of hydrogen-bond acceptors (Lipinski definition) is 4. The zero-order valence-corrected chi connectivity index (χ0v) is 24.5. The van der Waals surface area contributed by atoms with E-state index in [1.54, 1.807) is 18.2 Å². The average molecular weight is 543 g/mol. The normalized spacial score (nSPS) is 16.9. The monoisotopic (exact) mass is 542 g/mol. The van der Waals surface area contributed by atoms with Gasteiger partial charge in [-0.2, -0.15) is 4.58 Å². The molecule has 40 heavy (non-hydrogen) atoms. The van der Waals surface area contributed by atoms with Gasteiger partial charge in [-0.1, -0.05) is 57.9 Å². The molecule has 2 aliphatic rings. The lowest BCUT2D eigenvalue weighted by atomic mass is 9.77. The Kier molecular flexibility index (Phi) is 8.97. The third kappa shape index (κ3) is 5.49. The molecule has 0 saturated carbocycles. The van der Waals surface area contributed by atoms with Crippen molar-refractivity contribution in [3.8, 4) is 0 Å². The van der Waals surface area contributed by atoms with Gasteiger partial charge in [0.15, 0.2) is 11.5 Å². The number of carbonyl (C=O) groups excluding carboxylic acids is 1. The Morgan fingerprint density at radius 3 is 2.15 bits per heavy atom. The van der Waals surface area contributed by atoms with E-state index < -0.39 is 11.4 Å². The molecule has 0 fully saturated rings. The number of fused-ring (bicyclic) bond motifs is 1. The van der Waals surface area contributed by atoms with Crippen LogP contribution >= 0.6 is 0 Å². The topological polar surface area (TPSA) is 83.7 Å². The van der Waals surface area contributed by atoms with Crippen LogP contribution in [0.2, 0.25) is 0 Å². The molecule has 0 aromatic heterocycles. The summed E-state index contributed by atoms with van der Waals surface area (Å²) in [5, 5.41) is 22.9. The first-order chi connectivity index (χ1) is 19.1. The summed E-state index contributed by atoms with van der Waals surface area (Å²) < 4.78 is 2.14. The molecule has 1 aliphatic heterocycles. The molecule has 0 atom stereocenters. The molecule has 0 saturated heterocycles. The summed E-state index contributed by atoms with van der Waals surface area (Å²) >= 11 is 0. The molecule has 1 heterocycles. The van der Waals surface area contributed by atoms with Crippen molar-refractivity contribution in [3.05, 3.63) is 76.6 Å². The first-order valence-electron chi connectivity index (χ1n) is 14.7. The second kappa shape index (κ2) is 12.2. The molecular weight excluding hydrogens is 500 g/mol. The van der Waals surface area contributed by atoms with Crippen LogP contribution in [0.1, 0.15) is 94.6 Å². The fraction of sp³-hybridized carbons (Fsp3) is 0.441. The predicted molar refractivity (Wildman–Crippen MR) is 160 cm³/mol. The molecule has 1 N–H and O–H groups in total. The minimum absolute atomic E-state index is 0.197. The van der Waals surface area contributed by atoms with Crippen molar-refractivity contribution in [3.63, 3.8) is 0 Å². The van der Waals surface area contributed by atoms with Crippen LogP contribution in [0.4, 0.5) is 11.4 Å². The van der Waals surface area contributed by atoms with Crippen LogP contribution in [-0.2, 0) is 10.2 Å². The number of aromatic carboxylic acids is 1. The van der Waals surface area contributed by atoms with Gasteiger partial charge in [0.1, 0.15) is 6.54 Å². The van der Waals surface area contributed by atoms with Gasteiger partial charge in [-0.15, -0.1) is 0 Å². The molecule has 2 aromatic carbocycles. The van der Waals surface area contributed by atoms with E-state index in [-0.39, 0.29) is 28.3 Å². The maximum absolute atomic E-state index is 13.4. The summed E-state index contributed by atoms with van der Waals surface area (Å²) in [6, 6.07) is 13.0. The molecule has 0 spiro atoms. The number of anilines is 1. The first-order valence-corrected chi connectivity index (χ1v) is 14.7. The highest BCUT2D eigenvalue weighted by atomic mass is 16.4. The highest BCUT2D eigenvalue weighted by molar-refractivity contribution is 6.40. The summed E-state index contributed by atoms with van der Waals surface area (Å²) in [5.41, 5.74) is 4.58. The van der Waals surface area contributed by atoms with E-state index in [1.165, 1.54) is 0 Å². The summed E-state index contributed by atoms with van der Waals surface area (Å²) in [5.74, 6) is -1.43. The third-order valence-corrected chi connectivity index (χ3v) is 8.18. The van der Waals surface area contributed by atoms with Crippen LogP contribution in [0.25, 0.3) is 5.57 Å². The fourth-order valence-corrected chi connectivity index (χ4v) is 5.68. The van der Waals surface area contributed by atoms with Crippen molar-refractivity contribution in [2.24, 2.45) is 0 Å². The molecule has 6 heteroatoms. The van der Waals surface area contributed by atoms with Crippen molar-refractivity contribution in [1.29, 1.82) is 0 Å². The minimum Gasteiger partial charge on any atom is -0.871 e. The second-order valence-corrected chi connectivity index (χ2v) is 11.4. The molecule has 0 unspecified atom stereocenters. The Morgan fingerprint density at radius 2 is 1.60 bits per heavy atom. The largest absolute Gasteiger partial charge is 0.871 e. The van der Waals surface area contributed by atoms with Crippen LogP contribution in [0.3, 0.4) is 0 Å². The quantitative estimate of drug-likeness (QED) is 0.239. The molecule has 4 rings (SSSR count). The summed E-state index contributed by atoms with van der Waals surface area (Å²) in [7, 11) is 0. The maximum atomic E-state index is 13.4. The van der Waals surface area contributed by atoms with E-state index in [9.17, 15) is 19.8 Å². The number of rotatable bonds is 13. The van der Waals surface area contributed by atoms with Crippen LogP contribution in [0.15, 0.2) is 59.9 Å². The average Bonchev–Trinajstić information content (AvgIpc) is 3.16. The Bertz CT molecular complexity index is 1370. The van der Waals surface area contributed by atoms with Gasteiger partial charge in [-0.25, -0.2) is 4.79 Å². The molecule has 212 valence electrons. The number of unbranched alkanes of at least 4 members (excludes halogenated alkanes) is 3. The number of ketones is 1. The number of carboxylic acid groups (broad SMARTS) is 1. The molecule has 1 aliphatic carbocycles. The van der Waals surface area contributed by atoms with Crippen LogP contribution in [0.5, 0.6) is 0 Å². The number of benzene rings is 2. The molecule has 0 radical (unpaired) electrons. The zero-order valence-electron chi connectivity index (χ0n) is 24.5. The lowest BCUT2D eigenvalue weighted by Gasteiger charge is -2.31. The summed E-state index contributed by atoms with van der Waals surface area (Å²) in [4.78, 5) is 27.4. The number of Topliss-reactive ketones (excluding diaryl/α,β-unsaturated/α-hetero) is 1. The Hall–Kier alpha value is -3.67. The number of nitrogens with zero attached hydrogens (tertiary/aromatic N) is 2. The molecule has 0 bridgehead atoms. The molecule has 0 amide bonds. The van der Waals surface area contributed by atoms with E-state index in [0.29, 0.717) is 5.56 Å². The van der Waals surface area contributed by atoms with Crippen molar-refractivity contribution in [2.45, 2.75) is 78.6 Å². The predicted octanol–water partition coefficient (Wildman–Crippen LogP) is 6.25. The van der Waals surface area contributed by atoms with Crippen LogP contribution in [0, 0.1) is 0 Å². The molecule has 6 nitrogen and oxygen atoms in total. The highest BCUT2D eigenvalue weighted by Crippen LogP contribution is 2.43. The lowest BCUT2D eigenvalue weighted by molar-refractivity contribution is -0.438. The first kappa shape index (κ1) is 29.3. The van der Waals surface area contributed by atoms with Crippen LogP contribution in [-0.4, -0.2) is 46.8 Å². The zero-order chi connectivity index (χ0) is 29.0. The van der Waals surface area contributed by atoms with Crippen molar-refractivity contribution in [2.75, 3.05) is 24.5 Å². The van der Waals surface area contributed by atoms with E-state index in [1.807, 2.05) is 44.2 Å². The number of allylic oxidation sites excluding steroid dienone is 3. The van der Waals surface area contributed by atoms with Crippen molar-refractivity contribution in [1.82, 2.24) is 0 Å². The van der Waals surface area contributed by atoms with E-state index in [0.717, 1.165) is 80.8 Å². The van der Waals surface area contributed by atoms with Gasteiger partial charge in [-0.3, -0.25) is 4.79 Å². The van der Waals surface area contributed by atoms with Gasteiger partial charge in [0.05, 0.1) is 11.0 Å². The highest BCUT2D eigenvalue weighted by Gasteiger charge is 2.46. The number of carbonyl (C=O) groups is 2. The van der Waals surface area contributed by atoms with Gasteiger partial charge in [0, 0.05) is 54.0 Å². The van der Waals surface area contributed by atoms with E-state index in [4.69, 9.17) is 0 Å². The smallest absolute Gasteiger partial charge is 0.335 e. The number of carboxylic acids is 1. The number of hydrogen-bond donors (Lipinski definition) is 1. The fourth-order valence-electron chi connectivity index (χ4n) is 5.68. The van der Waals surface area contributed by atoms with Crippen LogP contribution < -0.4 is 10.0 Å². The standard InChI is InChI=1S/C34H42N2O4/c1-6-9-18-35(19-10-7-2)25-15-12-23(13-16-25)30-31(37)26(32(30)38)22-29-34(4,5)27-21-24(33(39)40)14-17-28(27)36(29)20-11-8-3/h12-17,21-22H,6-11,18-20H2,1-5H3,(H-,37,38,39,40). The third-order valence-electron chi connectivity index (χ3n) is 8.18. The van der Waals surface area contributed by atoms with Gasteiger partial charge < -0.3 is 15.1 Å². The van der Waals surface area contributed by atoms with Crippen molar-refractivity contribution < 1.29 is 24.4 Å². The van der Waals surface area contributed by atoms with Crippen molar-refractivity contribution >= 4 is 34.4 Å². The van der Waals surface area contributed by atoms with Gasteiger partial charge in [0.25, 0.3) is 0 Å². The summed E-state index contributed by atoms with van der Waals surface area (Å²) in [6.07, 6.45) is 8.18. The maximum Gasteiger partial charge on any atom is 0.335 e. The molecular formula is C34H42N2O4. The Balaban J connectivity index is 1.67. The van der Waals surface area contributed by atoms with E-state index in [2.05, 4.69) is 30.2 Å². The van der Waals surface area contributed by atoms with Gasteiger partial charge in [-0.05, 0) is 56.5 Å². The van der Waals surface area contributed by atoms with Gasteiger partial charge >= 0.3 is 5.97 Å². The Labute approximate surface area is 238 Å². The molecule has 2 aromatic rings. The lowest BCUT2D eigenvalue weighted by Crippen LogP contribution is -2.33. The second-order valence-electron chi connectivity index (χ2n) is 11.4. The van der Waals surface area contributed by atoms with E-state index >= 15 is 0 Å². The Morgan fingerprint density at radius 1 is 0.975 bits per heavy atom. The summed E-state index contributed by atoms with van der Waals surface area (Å²) in [6.45, 7) is 13.3.